The molecule has 3 heterocycles. The fraction of sp³-hybridized carbons (Fsp3) is 0. The Morgan fingerprint density at radius 3 is 1.21 bits per heavy atom. The van der Waals surface area contributed by atoms with Crippen LogP contribution in [0.5, 0.6) is 0 Å². The summed E-state index contributed by atoms with van der Waals surface area (Å²) in [6.45, 7) is 0. The van der Waals surface area contributed by atoms with Crippen LogP contribution in [-0.2, 0) is 0 Å². The van der Waals surface area contributed by atoms with E-state index in [0.717, 1.165) is 94.5 Å². The van der Waals surface area contributed by atoms with Crippen molar-refractivity contribution in [3.8, 4) is 89.5 Å². The van der Waals surface area contributed by atoms with Crippen molar-refractivity contribution in [1.29, 1.82) is 0 Å². The minimum atomic E-state index is 0.907. The van der Waals surface area contributed by atoms with Gasteiger partial charge in [-0.3, -0.25) is 0 Å². The van der Waals surface area contributed by atoms with Gasteiger partial charge in [0.05, 0.1) is 33.8 Å². The van der Waals surface area contributed by atoms with E-state index in [1.54, 1.807) is 0 Å². The summed E-state index contributed by atoms with van der Waals surface area (Å²) in [6.07, 6.45) is 0. The third kappa shape index (κ3) is 7.39. The summed E-state index contributed by atoms with van der Waals surface area (Å²) < 4.78 is 0. The van der Waals surface area contributed by atoms with Crippen molar-refractivity contribution in [3.05, 3.63) is 249 Å². The molecule has 0 unspecified atom stereocenters. The molecular weight excluding hydrogens is 799 g/mol. The maximum absolute atomic E-state index is 5.33. The third-order valence-corrected chi connectivity index (χ3v) is 12.7. The minimum Gasteiger partial charge on any atom is -0.248 e. The van der Waals surface area contributed by atoms with Gasteiger partial charge in [0.1, 0.15) is 0 Å². The Hall–Kier alpha value is -8.79. The largest absolute Gasteiger partial charge is 0.248 e. The lowest BCUT2D eigenvalue weighted by Gasteiger charge is -2.14. The molecule has 0 radical (unpaired) electrons. The van der Waals surface area contributed by atoms with Gasteiger partial charge in [0, 0.05) is 33.0 Å². The van der Waals surface area contributed by atoms with Crippen LogP contribution >= 0.6 is 0 Å². The van der Waals surface area contributed by atoms with E-state index >= 15 is 0 Å². The van der Waals surface area contributed by atoms with Crippen molar-refractivity contribution in [1.82, 2.24) is 15.0 Å². The standard InChI is InChI=1S/C63H41N3/c1-4-13-42(14-5-1)43-27-29-48(30-28-43)61-41-53(40-60(64-61)47-17-8-3-9-18-47)45-25-23-44(24-26-45)51-19-12-20-52(39-51)54-35-36-57(56-22-11-10-21-55(54)56)59-38-34-50-32-31-49-33-37-58(46-15-6-2-7-16-46)65-62(49)63(50)66-59/h1-41H. The van der Waals surface area contributed by atoms with Crippen molar-refractivity contribution < 1.29 is 0 Å². The first kappa shape index (κ1) is 38.9. The predicted molar refractivity (Wildman–Crippen MR) is 276 cm³/mol. The van der Waals surface area contributed by atoms with Crippen LogP contribution in [0.2, 0.25) is 0 Å². The number of pyridine rings is 3. The normalized spacial score (nSPS) is 11.3. The molecule has 0 saturated heterocycles. The number of hydrogen-bond donors (Lipinski definition) is 0. The molecular formula is C63H41N3. The molecule has 0 fully saturated rings. The number of aromatic nitrogens is 3. The lowest BCUT2D eigenvalue weighted by molar-refractivity contribution is 1.32. The summed E-state index contributed by atoms with van der Waals surface area (Å²) in [4.78, 5) is 15.7. The summed E-state index contributed by atoms with van der Waals surface area (Å²) in [6, 6.07) is 88.2. The van der Waals surface area contributed by atoms with Gasteiger partial charge in [0.25, 0.3) is 0 Å². The molecule has 66 heavy (non-hydrogen) atoms. The van der Waals surface area contributed by atoms with Gasteiger partial charge in [0.2, 0.25) is 0 Å². The molecule has 0 amide bonds. The molecule has 0 aliphatic rings. The fourth-order valence-electron chi connectivity index (χ4n) is 9.25. The topological polar surface area (TPSA) is 38.7 Å². The van der Waals surface area contributed by atoms with Gasteiger partial charge in [-0.25, -0.2) is 15.0 Å². The Morgan fingerprint density at radius 2 is 0.591 bits per heavy atom. The van der Waals surface area contributed by atoms with Crippen LogP contribution in [0.15, 0.2) is 249 Å². The Kier molecular flexibility index (Phi) is 9.85. The first-order valence-corrected chi connectivity index (χ1v) is 22.4. The summed E-state index contributed by atoms with van der Waals surface area (Å²) in [5, 5.41) is 4.49. The fourth-order valence-corrected chi connectivity index (χ4v) is 9.25. The highest BCUT2D eigenvalue weighted by Crippen LogP contribution is 2.39. The Labute approximate surface area is 384 Å². The molecule has 0 spiro atoms. The quantitative estimate of drug-likeness (QED) is 0.143. The third-order valence-electron chi connectivity index (χ3n) is 12.7. The zero-order chi connectivity index (χ0) is 43.8. The number of hydrogen-bond acceptors (Lipinski definition) is 3. The summed E-state index contributed by atoms with van der Waals surface area (Å²) in [5.74, 6) is 0. The lowest BCUT2D eigenvalue weighted by Crippen LogP contribution is -1.92. The predicted octanol–water partition coefficient (Wildman–Crippen LogP) is 16.7. The van der Waals surface area contributed by atoms with E-state index in [2.05, 4.69) is 237 Å². The lowest BCUT2D eigenvalue weighted by atomic mass is 9.91. The van der Waals surface area contributed by atoms with Gasteiger partial charge in [-0.05, 0) is 85.6 Å². The molecule has 12 aromatic rings. The van der Waals surface area contributed by atoms with Crippen LogP contribution in [-0.4, -0.2) is 15.0 Å². The van der Waals surface area contributed by atoms with Crippen molar-refractivity contribution in [2.75, 3.05) is 0 Å². The van der Waals surface area contributed by atoms with Crippen molar-refractivity contribution in [2.45, 2.75) is 0 Å². The minimum absolute atomic E-state index is 0.907. The number of benzene rings is 9. The van der Waals surface area contributed by atoms with Gasteiger partial charge in [-0.15, -0.1) is 0 Å². The zero-order valence-electron chi connectivity index (χ0n) is 36.0. The molecule has 0 bridgehead atoms. The maximum Gasteiger partial charge on any atom is 0.0972 e. The molecule has 0 N–H and O–H groups in total. The van der Waals surface area contributed by atoms with Crippen LogP contribution in [0, 0.1) is 0 Å². The van der Waals surface area contributed by atoms with Gasteiger partial charge in [-0.1, -0.05) is 218 Å². The van der Waals surface area contributed by atoms with E-state index in [1.165, 1.54) is 27.6 Å². The van der Waals surface area contributed by atoms with Gasteiger partial charge in [0.15, 0.2) is 0 Å². The highest BCUT2D eigenvalue weighted by molar-refractivity contribution is 6.07. The summed E-state index contributed by atoms with van der Waals surface area (Å²) in [5.41, 5.74) is 19.3. The highest BCUT2D eigenvalue weighted by Gasteiger charge is 2.15. The van der Waals surface area contributed by atoms with Gasteiger partial charge < -0.3 is 0 Å². The van der Waals surface area contributed by atoms with E-state index < -0.39 is 0 Å². The van der Waals surface area contributed by atoms with Crippen molar-refractivity contribution in [2.24, 2.45) is 0 Å². The second kappa shape index (κ2) is 16.7. The van der Waals surface area contributed by atoms with Gasteiger partial charge in [-0.2, -0.15) is 0 Å². The van der Waals surface area contributed by atoms with Crippen LogP contribution < -0.4 is 0 Å². The number of nitrogens with zero attached hydrogens (tertiary/aromatic N) is 3. The second-order valence-corrected chi connectivity index (χ2v) is 16.8. The average molecular weight is 840 g/mol. The van der Waals surface area contributed by atoms with Crippen LogP contribution in [0.3, 0.4) is 0 Å². The Bertz CT molecular complexity index is 3710. The molecule has 0 aliphatic carbocycles. The molecule has 12 rings (SSSR count). The molecule has 308 valence electrons. The van der Waals surface area contributed by atoms with E-state index in [1.807, 2.05) is 12.1 Å². The zero-order valence-corrected chi connectivity index (χ0v) is 36.0. The highest BCUT2D eigenvalue weighted by atomic mass is 14.8. The number of rotatable bonds is 8. The Balaban J connectivity index is 0.874. The first-order valence-electron chi connectivity index (χ1n) is 22.4. The van der Waals surface area contributed by atoms with E-state index in [0.29, 0.717) is 0 Å². The number of fused-ring (bicyclic) bond motifs is 4. The Morgan fingerprint density at radius 1 is 0.197 bits per heavy atom. The van der Waals surface area contributed by atoms with Crippen LogP contribution in [0.1, 0.15) is 0 Å². The van der Waals surface area contributed by atoms with E-state index in [4.69, 9.17) is 15.0 Å². The molecule has 3 heteroatoms. The van der Waals surface area contributed by atoms with E-state index in [9.17, 15) is 0 Å². The average Bonchev–Trinajstić information content (AvgIpc) is 3.41. The molecule has 3 aromatic heterocycles. The monoisotopic (exact) mass is 839 g/mol. The molecule has 0 saturated carbocycles. The van der Waals surface area contributed by atoms with Crippen LogP contribution in [0.25, 0.3) is 122 Å². The maximum atomic E-state index is 5.33. The SMILES string of the molecule is c1ccc(-c2ccc(-c3cc(-c4ccc(-c5cccc(-c6ccc(-c7ccc8ccc9ccc(-c%10ccccc%10)nc9c8n7)c7ccccc67)c5)cc4)cc(-c4ccccc4)n3)cc2)cc1. The van der Waals surface area contributed by atoms with Crippen LogP contribution in [0.4, 0.5) is 0 Å². The van der Waals surface area contributed by atoms with Crippen molar-refractivity contribution >= 4 is 32.6 Å². The van der Waals surface area contributed by atoms with E-state index in [-0.39, 0.29) is 0 Å². The first-order chi connectivity index (χ1) is 32.7. The van der Waals surface area contributed by atoms with Gasteiger partial charge >= 0.3 is 0 Å². The molecule has 0 atom stereocenters. The molecule has 9 aromatic carbocycles. The summed E-state index contributed by atoms with van der Waals surface area (Å²) in [7, 11) is 0. The molecule has 3 nitrogen and oxygen atoms in total. The van der Waals surface area contributed by atoms with Crippen molar-refractivity contribution in [3.63, 3.8) is 0 Å². The molecule has 0 aliphatic heterocycles. The second-order valence-electron chi connectivity index (χ2n) is 16.8. The smallest absolute Gasteiger partial charge is 0.0972 e. The summed E-state index contributed by atoms with van der Waals surface area (Å²) >= 11 is 0.